The number of methoxy groups -OCH3 is 1. The molecule has 0 bridgehead atoms. The van der Waals surface area contributed by atoms with Crippen molar-refractivity contribution >= 4 is 22.8 Å². The molecule has 0 aliphatic heterocycles. The molecule has 0 atom stereocenters. The summed E-state index contributed by atoms with van der Waals surface area (Å²) in [5.74, 6) is 0.906. The molecule has 0 saturated heterocycles. The van der Waals surface area contributed by atoms with E-state index in [1.165, 1.54) is 11.3 Å². The van der Waals surface area contributed by atoms with E-state index in [1.807, 2.05) is 54.6 Å². The fraction of sp³-hybridized carbons (Fsp3) is 0.136. The molecule has 1 aliphatic carbocycles. The number of benzene rings is 2. The number of hydrogen-bond acceptors (Lipinski definition) is 5. The van der Waals surface area contributed by atoms with Crippen LogP contribution < -0.4 is 9.54 Å². The van der Waals surface area contributed by atoms with Crippen LogP contribution in [-0.4, -0.2) is 23.2 Å². The minimum absolute atomic E-state index is 0.0913. The number of thiazole rings is 1. The lowest BCUT2D eigenvalue weighted by Crippen LogP contribution is -2.15. The van der Waals surface area contributed by atoms with E-state index in [2.05, 4.69) is 26.7 Å². The monoisotopic (exact) mass is 389 g/mol. The second-order valence-electron chi connectivity index (χ2n) is 6.32. The summed E-state index contributed by atoms with van der Waals surface area (Å²) >= 11 is 1.51. The molecule has 0 spiro atoms. The van der Waals surface area contributed by atoms with Gasteiger partial charge in [-0.2, -0.15) is 5.10 Å². The Labute approximate surface area is 167 Å². The minimum Gasteiger partial charge on any atom is -0.497 e. The molecule has 4 rings (SSSR count). The average Bonchev–Trinajstić information content (AvgIpc) is 3.28. The van der Waals surface area contributed by atoms with E-state index < -0.39 is 0 Å². The van der Waals surface area contributed by atoms with Crippen LogP contribution in [-0.2, 0) is 6.54 Å². The van der Waals surface area contributed by atoms with Crippen molar-refractivity contribution in [2.75, 3.05) is 7.11 Å². The summed E-state index contributed by atoms with van der Waals surface area (Å²) in [4.78, 5) is 12.9. The summed E-state index contributed by atoms with van der Waals surface area (Å²) in [6.45, 7) is 4.47. The largest absolute Gasteiger partial charge is 0.497 e. The molecule has 0 fully saturated rings. The predicted octanol–water partition coefficient (Wildman–Crippen LogP) is 4.30. The molecule has 0 amide bonds. The lowest BCUT2D eigenvalue weighted by Gasteiger charge is -2.07. The van der Waals surface area contributed by atoms with Gasteiger partial charge < -0.3 is 9.30 Å². The highest BCUT2D eigenvalue weighted by molar-refractivity contribution is 7.07. The standard InChI is InChI=1S/C22H19N3O2S/c1-3-12-25-20(15-8-10-16(27-2)11-9-15)14-28-22(25)24-23-19-13-21(26)18-7-5-4-6-17(18)19/h3-11,14H,1,12-13H2,2H3. The molecule has 0 unspecified atom stereocenters. The van der Waals surface area contributed by atoms with E-state index >= 15 is 0 Å². The van der Waals surface area contributed by atoms with Crippen molar-refractivity contribution in [1.29, 1.82) is 0 Å². The summed E-state index contributed by atoms with van der Waals surface area (Å²) in [5.41, 5.74) is 4.41. The number of fused-ring (bicyclic) bond motifs is 1. The van der Waals surface area contributed by atoms with Gasteiger partial charge in [-0.1, -0.05) is 30.3 Å². The average molecular weight is 389 g/mol. The van der Waals surface area contributed by atoms with E-state index in [9.17, 15) is 4.79 Å². The van der Waals surface area contributed by atoms with Crippen LogP contribution >= 0.6 is 11.3 Å². The SMILES string of the molecule is C=CCn1c(-c2ccc(OC)cc2)csc1=NN=C1CC(=O)c2ccccc21. The molecule has 140 valence electrons. The zero-order chi connectivity index (χ0) is 19.5. The Morgan fingerprint density at radius 1 is 1.14 bits per heavy atom. The van der Waals surface area contributed by atoms with Crippen LogP contribution in [0, 0.1) is 0 Å². The third-order valence-corrected chi connectivity index (χ3v) is 5.47. The van der Waals surface area contributed by atoms with Crippen LogP contribution in [0.15, 0.2) is 76.8 Å². The van der Waals surface area contributed by atoms with Crippen molar-refractivity contribution in [2.24, 2.45) is 10.2 Å². The fourth-order valence-electron chi connectivity index (χ4n) is 3.22. The first-order chi connectivity index (χ1) is 13.7. The van der Waals surface area contributed by atoms with Gasteiger partial charge in [-0.25, -0.2) is 0 Å². The number of ether oxygens (including phenoxy) is 1. The summed E-state index contributed by atoms with van der Waals surface area (Å²) in [5, 5.41) is 10.9. The maximum Gasteiger partial charge on any atom is 0.211 e. The number of Topliss-reactive ketones (excluding diaryl/α,β-unsaturated/α-hetero) is 1. The Morgan fingerprint density at radius 2 is 1.89 bits per heavy atom. The van der Waals surface area contributed by atoms with Crippen LogP contribution in [0.25, 0.3) is 11.3 Å². The number of allylic oxidation sites excluding steroid dienone is 1. The van der Waals surface area contributed by atoms with Gasteiger partial charge in [0.2, 0.25) is 4.80 Å². The molecule has 0 saturated carbocycles. The number of rotatable bonds is 5. The third kappa shape index (κ3) is 3.34. The molecule has 1 aromatic heterocycles. The molecule has 2 aromatic carbocycles. The van der Waals surface area contributed by atoms with Crippen molar-refractivity contribution in [1.82, 2.24) is 4.57 Å². The van der Waals surface area contributed by atoms with Crippen molar-refractivity contribution in [3.05, 3.63) is 82.5 Å². The minimum atomic E-state index is 0.0913. The molecule has 6 heteroatoms. The Hall–Kier alpha value is -3.25. The molecule has 28 heavy (non-hydrogen) atoms. The van der Waals surface area contributed by atoms with E-state index in [0.29, 0.717) is 18.7 Å². The van der Waals surface area contributed by atoms with Gasteiger partial charge in [-0.3, -0.25) is 4.79 Å². The molecule has 0 radical (unpaired) electrons. The Balaban J connectivity index is 1.75. The second kappa shape index (κ2) is 7.78. The highest BCUT2D eigenvalue weighted by atomic mass is 32.1. The quantitative estimate of drug-likeness (QED) is 0.482. The first-order valence-corrected chi connectivity index (χ1v) is 9.76. The lowest BCUT2D eigenvalue weighted by atomic mass is 10.1. The number of carbonyl (C=O) groups is 1. The maximum atomic E-state index is 12.1. The summed E-state index contributed by atoms with van der Waals surface area (Å²) in [7, 11) is 1.65. The van der Waals surface area contributed by atoms with E-state index in [1.54, 1.807) is 7.11 Å². The number of carbonyl (C=O) groups excluding carboxylic acids is 1. The van der Waals surface area contributed by atoms with Crippen LogP contribution in [0.4, 0.5) is 0 Å². The Morgan fingerprint density at radius 3 is 2.61 bits per heavy atom. The second-order valence-corrected chi connectivity index (χ2v) is 7.16. The number of nitrogens with zero attached hydrogens (tertiary/aromatic N) is 3. The molecular weight excluding hydrogens is 370 g/mol. The van der Waals surface area contributed by atoms with E-state index in [0.717, 1.165) is 32.9 Å². The molecule has 0 N–H and O–H groups in total. The van der Waals surface area contributed by atoms with Crippen LogP contribution in [0.1, 0.15) is 22.3 Å². The van der Waals surface area contributed by atoms with Gasteiger partial charge >= 0.3 is 0 Å². The zero-order valence-electron chi connectivity index (χ0n) is 15.5. The van der Waals surface area contributed by atoms with Gasteiger partial charge in [0.1, 0.15) is 5.75 Å². The first kappa shape index (κ1) is 18.1. The topological polar surface area (TPSA) is 55.9 Å². The summed E-state index contributed by atoms with van der Waals surface area (Å²) in [6, 6.07) is 15.4. The number of ketones is 1. The Kier molecular flexibility index (Phi) is 5.04. The smallest absolute Gasteiger partial charge is 0.211 e. The highest BCUT2D eigenvalue weighted by Crippen LogP contribution is 2.24. The lowest BCUT2D eigenvalue weighted by molar-refractivity contribution is 0.101. The van der Waals surface area contributed by atoms with Gasteiger partial charge in [0, 0.05) is 23.1 Å². The van der Waals surface area contributed by atoms with Gasteiger partial charge in [0.25, 0.3) is 0 Å². The van der Waals surface area contributed by atoms with Gasteiger partial charge in [-0.05, 0) is 29.8 Å². The van der Waals surface area contributed by atoms with Crippen molar-refractivity contribution in [3.63, 3.8) is 0 Å². The van der Waals surface area contributed by atoms with Crippen LogP contribution in [0.3, 0.4) is 0 Å². The highest BCUT2D eigenvalue weighted by Gasteiger charge is 2.24. The van der Waals surface area contributed by atoms with Gasteiger partial charge in [-0.15, -0.1) is 23.0 Å². The van der Waals surface area contributed by atoms with E-state index in [-0.39, 0.29) is 5.78 Å². The molecular formula is C22H19N3O2S. The maximum absolute atomic E-state index is 12.1. The van der Waals surface area contributed by atoms with Gasteiger partial charge in [0.05, 0.1) is 24.9 Å². The van der Waals surface area contributed by atoms with Crippen molar-refractivity contribution in [3.8, 4) is 17.0 Å². The van der Waals surface area contributed by atoms with Gasteiger partial charge in [0.15, 0.2) is 5.78 Å². The number of aromatic nitrogens is 1. The van der Waals surface area contributed by atoms with Crippen molar-refractivity contribution < 1.29 is 9.53 Å². The normalized spacial score (nSPS) is 15.1. The molecule has 1 aliphatic rings. The summed E-state index contributed by atoms with van der Waals surface area (Å²) in [6.07, 6.45) is 2.13. The van der Waals surface area contributed by atoms with Crippen LogP contribution in [0.5, 0.6) is 5.75 Å². The first-order valence-electron chi connectivity index (χ1n) is 8.88. The number of hydrogen-bond donors (Lipinski definition) is 0. The third-order valence-electron chi connectivity index (χ3n) is 4.62. The zero-order valence-corrected chi connectivity index (χ0v) is 16.3. The van der Waals surface area contributed by atoms with Crippen LogP contribution in [0.2, 0.25) is 0 Å². The Bertz CT molecular complexity index is 1140. The fourth-order valence-corrected chi connectivity index (χ4v) is 4.09. The molecule has 3 aromatic rings. The predicted molar refractivity (Wildman–Crippen MR) is 112 cm³/mol. The van der Waals surface area contributed by atoms with E-state index in [4.69, 9.17) is 4.74 Å². The molecule has 5 nitrogen and oxygen atoms in total. The molecule has 1 heterocycles. The van der Waals surface area contributed by atoms with Crippen molar-refractivity contribution in [2.45, 2.75) is 13.0 Å². The summed E-state index contributed by atoms with van der Waals surface area (Å²) < 4.78 is 7.30.